The van der Waals surface area contributed by atoms with Crippen molar-refractivity contribution in [3.05, 3.63) is 127 Å². The van der Waals surface area contributed by atoms with Gasteiger partial charge in [-0.1, -0.05) is 72.8 Å². The Kier molecular flexibility index (Phi) is 4.36. The molecule has 2 aliphatic rings. The fourth-order valence-electron chi connectivity index (χ4n) is 6.62. The van der Waals surface area contributed by atoms with E-state index in [1.165, 1.54) is 5.39 Å². The molecule has 0 unspecified atom stereocenters. The van der Waals surface area contributed by atoms with Gasteiger partial charge in [0, 0.05) is 16.7 Å². The molecular formula is C37H21N5O. The van der Waals surface area contributed by atoms with E-state index in [0.29, 0.717) is 5.95 Å². The Bertz CT molecular complexity index is 2460. The number of aromatic nitrogens is 4. The molecule has 2 aromatic heterocycles. The lowest BCUT2D eigenvalue weighted by molar-refractivity contribution is 0.486. The Balaban J connectivity index is 1.37. The standard InChI is InChI=1S/C37H21N5O/c1-2-11-23-21-31-26(20-22(23)10-1)24-12-3-6-16-29(24)41-30-17-7-5-14-27(30)39-37(41)42(31)36-38-28-15-9-19-33-34(28)35(40-36)25-13-4-8-18-32(25)43-33/h1-21H. The Morgan fingerprint density at radius 2 is 1.23 bits per heavy atom. The van der Waals surface area contributed by atoms with Crippen LogP contribution in [0.1, 0.15) is 0 Å². The molecule has 0 aliphatic carbocycles. The summed E-state index contributed by atoms with van der Waals surface area (Å²) in [6.07, 6.45) is 0. The molecule has 6 aromatic carbocycles. The molecule has 0 radical (unpaired) electrons. The Morgan fingerprint density at radius 3 is 2.16 bits per heavy atom. The molecule has 6 heteroatoms. The van der Waals surface area contributed by atoms with E-state index >= 15 is 0 Å². The summed E-state index contributed by atoms with van der Waals surface area (Å²) in [5, 5.41) is 3.22. The van der Waals surface area contributed by atoms with Crippen LogP contribution >= 0.6 is 0 Å². The summed E-state index contributed by atoms with van der Waals surface area (Å²) < 4.78 is 8.53. The highest BCUT2D eigenvalue weighted by molar-refractivity contribution is 6.04. The third-order valence-electron chi connectivity index (χ3n) is 8.52. The SMILES string of the molecule is c1ccc2c(c1)Oc1cccc3nc(N4c5cc6ccccc6cc5-c5ccccc5-n5c4nc4ccccc45)nc-2c13. The average Bonchev–Trinajstić information content (AvgIpc) is 3.38. The third kappa shape index (κ3) is 3.09. The van der Waals surface area contributed by atoms with E-state index in [-0.39, 0.29) is 0 Å². The van der Waals surface area contributed by atoms with Gasteiger partial charge in [0.2, 0.25) is 11.9 Å². The van der Waals surface area contributed by atoms with E-state index in [1.54, 1.807) is 0 Å². The number of para-hydroxylation sites is 4. The maximum absolute atomic E-state index is 6.29. The summed E-state index contributed by atoms with van der Waals surface area (Å²) >= 11 is 0. The summed E-state index contributed by atoms with van der Waals surface area (Å²) in [6, 6.07) is 43.9. The molecular weight excluding hydrogens is 530 g/mol. The van der Waals surface area contributed by atoms with E-state index in [1.807, 2.05) is 42.5 Å². The fourth-order valence-corrected chi connectivity index (χ4v) is 6.62. The van der Waals surface area contributed by atoms with Gasteiger partial charge in [0.15, 0.2) is 0 Å². The Labute approximate surface area is 246 Å². The number of ether oxygens (including phenoxy) is 1. The molecule has 0 atom stereocenters. The highest BCUT2D eigenvalue weighted by Crippen LogP contribution is 2.50. The lowest BCUT2D eigenvalue weighted by Crippen LogP contribution is -2.18. The van der Waals surface area contributed by atoms with Crippen LogP contribution in [0, 0.1) is 0 Å². The number of fused-ring (bicyclic) bond motifs is 10. The first-order chi connectivity index (χ1) is 21.3. The second kappa shape index (κ2) is 8.27. The number of nitrogens with zero attached hydrogens (tertiary/aromatic N) is 5. The number of hydrogen-bond donors (Lipinski definition) is 0. The minimum absolute atomic E-state index is 0.553. The summed E-state index contributed by atoms with van der Waals surface area (Å²) in [6.45, 7) is 0. The number of imidazole rings is 1. The minimum atomic E-state index is 0.553. The summed E-state index contributed by atoms with van der Waals surface area (Å²) in [7, 11) is 0. The molecule has 6 nitrogen and oxygen atoms in total. The average molecular weight is 552 g/mol. The summed E-state index contributed by atoms with van der Waals surface area (Å²) in [5.41, 5.74) is 8.80. The first kappa shape index (κ1) is 22.7. The topological polar surface area (TPSA) is 56.1 Å². The lowest BCUT2D eigenvalue weighted by atomic mass is 9.97. The number of rotatable bonds is 1. The Hall–Kier alpha value is -6.01. The predicted octanol–water partition coefficient (Wildman–Crippen LogP) is 9.34. The first-order valence-corrected chi connectivity index (χ1v) is 14.3. The van der Waals surface area contributed by atoms with Crippen molar-refractivity contribution in [1.82, 2.24) is 19.5 Å². The largest absolute Gasteiger partial charge is 0.456 e. The fraction of sp³-hybridized carbons (Fsp3) is 0. The van der Waals surface area contributed by atoms with Crippen LogP contribution in [0.15, 0.2) is 127 Å². The van der Waals surface area contributed by atoms with Gasteiger partial charge in [0.25, 0.3) is 0 Å². The molecule has 4 heterocycles. The molecule has 0 spiro atoms. The molecule has 0 N–H and O–H groups in total. The van der Waals surface area contributed by atoms with Gasteiger partial charge in [-0.15, -0.1) is 0 Å². The number of benzene rings is 6. The molecule has 2 aliphatic heterocycles. The van der Waals surface area contributed by atoms with E-state index in [0.717, 1.165) is 78.5 Å². The normalized spacial score (nSPS) is 12.8. The number of anilines is 3. The molecule has 0 amide bonds. The van der Waals surface area contributed by atoms with Crippen molar-refractivity contribution < 1.29 is 4.74 Å². The van der Waals surface area contributed by atoms with E-state index in [9.17, 15) is 0 Å². The lowest BCUT2D eigenvalue weighted by Gasteiger charge is -2.26. The van der Waals surface area contributed by atoms with E-state index in [4.69, 9.17) is 19.7 Å². The summed E-state index contributed by atoms with van der Waals surface area (Å²) in [5.74, 6) is 2.84. The van der Waals surface area contributed by atoms with Crippen LogP contribution in [0.5, 0.6) is 11.5 Å². The summed E-state index contributed by atoms with van der Waals surface area (Å²) in [4.78, 5) is 17.9. The van der Waals surface area contributed by atoms with Crippen molar-refractivity contribution in [2.45, 2.75) is 0 Å². The van der Waals surface area contributed by atoms with Gasteiger partial charge < -0.3 is 4.74 Å². The monoisotopic (exact) mass is 551 g/mol. The smallest absolute Gasteiger partial charge is 0.238 e. The van der Waals surface area contributed by atoms with Gasteiger partial charge in [-0.25, -0.2) is 19.9 Å². The van der Waals surface area contributed by atoms with Crippen molar-refractivity contribution in [2.24, 2.45) is 0 Å². The van der Waals surface area contributed by atoms with Crippen LogP contribution in [-0.2, 0) is 0 Å². The van der Waals surface area contributed by atoms with Crippen LogP contribution in [0.2, 0.25) is 0 Å². The van der Waals surface area contributed by atoms with Crippen LogP contribution in [0.4, 0.5) is 17.6 Å². The quantitative estimate of drug-likeness (QED) is 0.203. The van der Waals surface area contributed by atoms with E-state index < -0.39 is 0 Å². The van der Waals surface area contributed by atoms with Crippen molar-refractivity contribution in [2.75, 3.05) is 4.90 Å². The zero-order valence-corrected chi connectivity index (χ0v) is 22.8. The molecule has 0 saturated carbocycles. The maximum Gasteiger partial charge on any atom is 0.238 e. The number of hydrogen-bond acceptors (Lipinski definition) is 5. The van der Waals surface area contributed by atoms with Crippen molar-refractivity contribution in [3.8, 4) is 39.6 Å². The van der Waals surface area contributed by atoms with Crippen molar-refractivity contribution in [1.29, 1.82) is 0 Å². The molecule has 43 heavy (non-hydrogen) atoms. The van der Waals surface area contributed by atoms with Gasteiger partial charge >= 0.3 is 0 Å². The van der Waals surface area contributed by atoms with Gasteiger partial charge in [-0.05, 0) is 65.4 Å². The van der Waals surface area contributed by atoms with Crippen molar-refractivity contribution >= 4 is 50.3 Å². The van der Waals surface area contributed by atoms with E-state index in [2.05, 4.69) is 94.4 Å². The molecule has 10 rings (SSSR count). The van der Waals surface area contributed by atoms with Crippen LogP contribution in [-0.4, -0.2) is 19.5 Å². The zero-order valence-electron chi connectivity index (χ0n) is 22.8. The van der Waals surface area contributed by atoms with Crippen LogP contribution in [0.3, 0.4) is 0 Å². The molecule has 0 saturated heterocycles. The third-order valence-corrected chi connectivity index (χ3v) is 8.52. The first-order valence-electron chi connectivity index (χ1n) is 14.3. The highest BCUT2D eigenvalue weighted by atomic mass is 16.5. The predicted molar refractivity (Wildman–Crippen MR) is 171 cm³/mol. The molecule has 200 valence electrons. The minimum Gasteiger partial charge on any atom is -0.456 e. The second-order valence-electron chi connectivity index (χ2n) is 10.9. The molecule has 0 fully saturated rings. The van der Waals surface area contributed by atoms with Gasteiger partial charge in [0.1, 0.15) is 11.5 Å². The van der Waals surface area contributed by atoms with Gasteiger partial charge in [-0.3, -0.25) is 4.57 Å². The zero-order chi connectivity index (χ0) is 28.1. The highest BCUT2D eigenvalue weighted by Gasteiger charge is 2.32. The molecule has 0 bridgehead atoms. The van der Waals surface area contributed by atoms with Crippen LogP contribution in [0.25, 0.3) is 60.8 Å². The van der Waals surface area contributed by atoms with Crippen molar-refractivity contribution in [3.63, 3.8) is 0 Å². The van der Waals surface area contributed by atoms with Crippen LogP contribution < -0.4 is 9.64 Å². The van der Waals surface area contributed by atoms with Gasteiger partial charge in [-0.2, -0.15) is 0 Å². The van der Waals surface area contributed by atoms with Gasteiger partial charge in [0.05, 0.1) is 39.0 Å². The second-order valence-corrected chi connectivity index (χ2v) is 10.9. The Morgan fingerprint density at radius 1 is 0.512 bits per heavy atom. The molecule has 8 aromatic rings. The maximum atomic E-state index is 6.29.